The zero-order chi connectivity index (χ0) is 25.6. The van der Waals surface area contributed by atoms with Crippen LogP contribution in [0.2, 0.25) is 0 Å². The first-order valence-electron chi connectivity index (χ1n) is 11.0. The van der Waals surface area contributed by atoms with E-state index < -0.39 is 11.8 Å². The van der Waals surface area contributed by atoms with E-state index in [-0.39, 0.29) is 24.1 Å². The first-order chi connectivity index (χ1) is 15.5. The molecule has 4 atom stereocenters. The minimum atomic E-state index is -4.30. The quantitative estimate of drug-likeness (QED) is 0.423. The fraction of sp³-hybridized carbons (Fsp3) is 0.480. The molecular formula is C25H38F3NO2P2. The third-order valence-electron chi connectivity index (χ3n) is 5.02. The van der Waals surface area contributed by atoms with Gasteiger partial charge in [-0.15, -0.1) is 18.5 Å². The summed E-state index contributed by atoms with van der Waals surface area (Å²) in [5.41, 5.74) is 1.15. The van der Waals surface area contributed by atoms with Crippen molar-refractivity contribution in [2.75, 3.05) is 13.2 Å². The summed E-state index contributed by atoms with van der Waals surface area (Å²) in [6.07, 6.45) is -2.62. The van der Waals surface area contributed by atoms with Gasteiger partial charge in [0.05, 0.1) is 12.3 Å². The van der Waals surface area contributed by atoms with Gasteiger partial charge in [-0.05, 0) is 49.9 Å². The molecule has 0 aliphatic carbocycles. The lowest BCUT2D eigenvalue weighted by molar-refractivity contribution is -0.130. The third-order valence-corrected chi connectivity index (χ3v) is 5.78. The van der Waals surface area contributed by atoms with Crippen LogP contribution < -0.4 is 0 Å². The largest absolute Gasteiger partial charge is 0.399 e. The molecule has 0 spiro atoms. The lowest BCUT2D eigenvalue weighted by atomic mass is 10.1. The maximum atomic E-state index is 12.7. The van der Waals surface area contributed by atoms with Gasteiger partial charge in [0.1, 0.15) is 0 Å². The Bertz CT molecular complexity index is 797. The maximum Gasteiger partial charge on any atom is 0.399 e. The van der Waals surface area contributed by atoms with Gasteiger partial charge in [-0.2, -0.15) is 13.2 Å². The van der Waals surface area contributed by atoms with Gasteiger partial charge in [-0.1, -0.05) is 62.5 Å². The number of rotatable bonds is 7. The summed E-state index contributed by atoms with van der Waals surface area (Å²) in [7, 11) is 4.21. The van der Waals surface area contributed by atoms with E-state index in [1.54, 1.807) is 14.1 Å². The van der Waals surface area contributed by atoms with Crippen LogP contribution in [0.25, 0.3) is 0 Å². The molecule has 2 aromatic carbocycles. The SMILES string of the molecule is CCCN(C(=O)c1ccc(C(P)C(F)(F)F)cc1)C(C)CC.CP.Cc1ccc(CO)cc1. The molecule has 0 radical (unpaired) electrons. The summed E-state index contributed by atoms with van der Waals surface area (Å²) in [5, 5.41) is 8.63. The number of hydrogen-bond donors (Lipinski definition) is 1. The van der Waals surface area contributed by atoms with Gasteiger partial charge in [0.2, 0.25) is 0 Å². The predicted molar refractivity (Wildman–Crippen MR) is 139 cm³/mol. The Labute approximate surface area is 201 Å². The van der Waals surface area contributed by atoms with Gasteiger partial charge in [0.15, 0.2) is 0 Å². The van der Waals surface area contributed by atoms with Gasteiger partial charge in [-0.3, -0.25) is 4.79 Å². The Morgan fingerprint density at radius 2 is 1.55 bits per heavy atom. The highest BCUT2D eigenvalue weighted by Crippen LogP contribution is 2.39. The molecule has 0 aliphatic rings. The topological polar surface area (TPSA) is 40.5 Å². The van der Waals surface area contributed by atoms with Gasteiger partial charge in [0.25, 0.3) is 5.91 Å². The van der Waals surface area contributed by atoms with E-state index in [9.17, 15) is 18.0 Å². The van der Waals surface area contributed by atoms with Crippen molar-refractivity contribution in [3.05, 3.63) is 70.8 Å². The summed E-state index contributed by atoms with van der Waals surface area (Å²) in [6, 6.07) is 13.6. The third kappa shape index (κ3) is 11.0. The predicted octanol–water partition coefficient (Wildman–Crippen LogP) is 6.79. The first kappa shape index (κ1) is 31.5. The van der Waals surface area contributed by atoms with E-state index >= 15 is 0 Å². The maximum absolute atomic E-state index is 12.7. The van der Waals surface area contributed by atoms with Crippen LogP contribution in [0.5, 0.6) is 0 Å². The number of alkyl halides is 3. The zero-order valence-corrected chi connectivity index (χ0v) is 22.5. The Morgan fingerprint density at radius 1 is 1.03 bits per heavy atom. The van der Waals surface area contributed by atoms with Crippen LogP contribution in [0.3, 0.4) is 0 Å². The van der Waals surface area contributed by atoms with Crippen LogP contribution in [-0.2, 0) is 6.61 Å². The van der Waals surface area contributed by atoms with Crippen LogP contribution in [0.1, 0.15) is 66.3 Å². The molecular weight excluding hydrogens is 465 g/mol. The summed E-state index contributed by atoms with van der Waals surface area (Å²) >= 11 is 0. The standard InChI is InChI=1S/C16H23F3NOP.C8H10O.CH5P/c1-4-10-20(11(3)5-2)15(21)13-8-6-12(7-9-13)14(22)16(17,18)19;1-7-2-4-8(6-9)5-3-7;1-2/h6-9,11,14H,4-5,10,22H2,1-3H3;2-5,9H,6H2,1H3;2H2,1H3. The average Bonchev–Trinajstić information content (AvgIpc) is 2.83. The van der Waals surface area contributed by atoms with Crippen molar-refractivity contribution >= 4 is 24.4 Å². The minimum Gasteiger partial charge on any atom is -0.392 e. The monoisotopic (exact) mass is 503 g/mol. The molecule has 0 fully saturated rings. The molecule has 2 aromatic rings. The minimum absolute atomic E-state index is 0.108. The van der Waals surface area contributed by atoms with Crippen molar-refractivity contribution in [3.63, 3.8) is 0 Å². The molecule has 1 amide bonds. The Balaban J connectivity index is 0.000000770. The van der Waals surface area contributed by atoms with Gasteiger partial charge in [-0.25, -0.2) is 0 Å². The number of aliphatic hydroxyl groups excluding tert-OH is 1. The smallest absolute Gasteiger partial charge is 0.392 e. The van der Waals surface area contributed by atoms with E-state index in [1.165, 1.54) is 29.8 Å². The molecule has 1 N–H and O–H groups in total. The average molecular weight is 504 g/mol. The fourth-order valence-corrected chi connectivity index (χ4v) is 3.09. The molecule has 2 rings (SSSR count). The molecule has 0 saturated heterocycles. The van der Waals surface area contributed by atoms with Crippen LogP contribution in [-0.4, -0.2) is 41.3 Å². The molecule has 0 saturated carbocycles. The second-order valence-corrected chi connectivity index (χ2v) is 8.21. The number of carbonyl (C=O) groups is 1. The number of aryl methyl sites for hydroxylation is 1. The van der Waals surface area contributed by atoms with Gasteiger partial charge in [0, 0.05) is 18.2 Å². The van der Waals surface area contributed by atoms with Crippen molar-refractivity contribution in [2.24, 2.45) is 0 Å². The summed E-state index contributed by atoms with van der Waals surface area (Å²) in [6.45, 7) is 10.7. The summed E-state index contributed by atoms with van der Waals surface area (Å²) in [5.74, 6) is -0.130. The molecule has 4 unspecified atom stereocenters. The Kier molecular flexibility index (Phi) is 15.5. The first-order valence-corrected chi connectivity index (χ1v) is 12.8. The van der Waals surface area contributed by atoms with Crippen LogP contribution in [0, 0.1) is 6.92 Å². The lowest BCUT2D eigenvalue weighted by Crippen LogP contribution is -2.38. The van der Waals surface area contributed by atoms with Crippen LogP contribution in [0.4, 0.5) is 13.2 Å². The van der Waals surface area contributed by atoms with Crippen molar-refractivity contribution in [2.45, 2.75) is 65.0 Å². The lowest BCUT2D eigenvalue weighted by Gasteiger charge is -2.28. The summed E-state index contributed by atoms with van der Waals surface area (Å²) in [4.78, 5) is 14.3. The zero-order valence-electron chi connectivity index (χ0n) is 20.2. The fourth-order valence-electron chi connectivity index (χ4n) is 2.86. The van der Waals surface area contributed by atoms with E-state index in [2.05, 4.69) is 9.24 Å². The van der Waals surface area contributed by atoms with Gasteiger partial charge < -0.3 is 10.0 Å². The molecule has 0 aliphatic heterocycles. The number of carbonyl (C=O) groups excluding carboxylic acids is 1. The number of aliphatic hydroxyl groups is 1. The molecule has 0 heterocycles. The van der Waals surface area contributed by atoms with E-state index in [0.29, 0.717) is 12.1 Å². The molecule has 186 valence electrons. The van der Waals surface area contributed by atoms with Crippen LogP contribution in [0.15, 0.2) is 48.5 Å². The number of amides is 1. The number of nitrogens with zero attached hydrogens (tertiary/aromatic N) is 1. The van der Waals surface area contributed by atoms with E-state index in [4.69, 9.17) is 5.11 Å². The van der Waals surface area contributed by atoms with Crippen molar-refractivity contribution in [1.82, 2.24) is 4.90 Å². The normalized spacial score (nSPS) is 12.5. The summed E-state index contributed by atoms with van der Waals surface area (Å²) < 4.78 is 38.0. The Hall–Kier alpha value is -1.48. The van der Waals surface area contributed by atoms with Crippen molar-refractivity contribution < 1.29 is 23.1 Å². The molecule has 3 nitrogen and oxygen atoms in total. The highest BCUT2D eigenvalue weighted by molar-refractivity contribution is 7.17. The Morgan fingerprint density at radius 3 is 1.94 bits per heavy atom. The number of halogens is 3. The van der Waals surface area contributed by atoms with Crippen molar-refractivity contribution in [1.29, 1.82) is 0 Å². The van der Waals surface area contributed by atoms with Gasteiger partial charge >= 0.3 is 6.18 Å². The van der Waals surface area contributed by atoms with Crippen molar-refractivity contribution in [3.8, 4) is 0 Å². The van der Waals surface area contributed by atoms with E-state index in [0.717, 1.165) is 18.4 Å². The van der Waals surface area contributed by atoms with Crippen LogP contribution >= 0.6 is 18.5 Å². The molecule has 8 heteroatoms. The second-order valence-electron chi connectivity index (χ2n) is 7.54. The molecule has 0 aromatic heterocycles. The molecule has 33 heavy (non-hydrogen) atoms. The highest BCUT2D eigenvalue weighted by Gasteiger charge is 2.37. The van der Waals surface area contributed by atoms with E-state index in [1.807, 2.05) is 58.6 Å². The number of hydrogen-bond acceptors (Lipinski definition) is 2. The number of benzene rings is 2. The molecule has 0 bridgehead atoms. The highest BCUT2D eigenvalue weighted by atomic mass is 31.0. The second kappa shape index (κ2) is 16.2.